The van der Waals surface area contributed by atoms with Crippen LogP contribution in [0, 0.1) is 30.1 Å². The van der Waals surface area contributed by atoms with Gasteiger partial charge in [0.15, 0.2) is 5.78 Å². The lowest BCUT2D eigenvalue weighted by molar-refractivity contribution is 0.0844. The van der Waals surface area contributed by atoms with E-state index in [0.29, 0.717) is 5.70 Å². The third kappa shape index (κ3) is 4.62. The van der Waals surface area contributed by atoms with E-state index in [4.69, 9.17) is 0 Å². The van der Waals surface area contributed by atoms with E-state index in [0.717, 1.165) is 59.6 Å². The van der Waals surface area contributed by atoms with E-state index >= 15 is 0 Å². The van der Waals surface area contributed by atoms with E-state index in [1.54, 1.807) is 7.05 Å². The largest absolute Gasteiger partial charge is 0.378 e. The second kappa shape index (κ2) is 9.45. The van der Waals surface area contributed by atoms with Crippen molar-refractivity contribution in [2.45, 2.75) is 39.5 Å². The van der Waals surface area contributed by atoms with Crippen molar-refractivity contribution in [2.24, 2.45) is 11.8 Å². The van der Waals surface area contributed by atoms with Gasteiger partial charge in [-0.1, -0.05) is 43.7 Å². The number of allylic oxidation sites excluding steroid dienone is 3. The van der Waals surface area contributed by atoms with Gasteiger partial charge in [-0.3, -0.25) is 9.89 Å². The number of nitriles is 1. The first-order chi connectivity index (χ1) is 14.4. The number of benzene rings is 1. The molecule has 156 valence electrons. The number of ketones is 1. The van der Waals surface area contributed by atoms with E-state index in [1.807, 2.05) is 44.2 Å². The van der Waals surface area contributed by atoms with E-state index in [9.17, 15) is 10.1 Å². The summed E-state index contributed by atoms with van der Waals surface area (Å²) in [4.78, 5) is 13.3. The first kappa shape index (κ1) is 21.4. The lowest BCUT2D eigenvalue weighted by atomic mass is 9.74. The van der Waals surface area contributed by atoms with Gasteiger partial charge in [-0.05, 0) is 32.8 Å². The minimum absolute atomic E-state index is 0.0478. The number of aromatic amines is 1. The molecule has 6 nitrogen and oxygen atoms in total. The van der Waals surface area contributed by atoms with Gasteiger partial charge in [0.25, 0.3) is 0 Å². The summed E-state index contributed by atoms with van der Waals surface area (Å²) >= 11 is 0. The fourth-order valence-corrected chi connectivity index (χ4v) is 4.17. The van der Waals surface area contributed by atoms with Crippen molar-refractivity contribution in [3.8, 4) is 17.3 Å². The van der Waals surface area contributed by atoms with E-state index in [2.05, 4.69) is 33.5 Å². The fraction of sp³-hybridized carbons (Fsp3) is 0.375. The van der Waals surface area contributed by atoms with Crippen molar-refractivity contribution >= 4 is 5.78 Å². The SMILES string of the molecule is C=C(N/C(C)=C(\C#N)NC)C1CCCCC1C(=O)c1ccc(-c2cc(C)[nH]n2)cc1. The van der Waals surface area contributed by atoms with Gasteiger partial charge in [0, 0.05) is 47.1 Å². The number of hydrogen-bond donors (Lipinski definition) is 3. The molecular weight excluding hydrogens is 374 g/mol. The summed E-state index contributed by atoms with van der Waals surface area (Å²) in [5.74, 6) is 0.0972. The number of Topliss-reactive ketones (excluding diaryl/α,β-unsaturated/α-hetero) is 1. The lowest BCUT2D eigenvalue weighted by Gasteiger charge is -2.32. The maximum absolute atomic E-state index is 13.3. The summed E-state index contributed by atoms with van der Waals surface area (Å²) in [5, 5.41) is 22.6. The van der Waals surface area contributed by atoms with Gasteiger partial charge in [-0.15, -0.1) is 0 Å². The van der Waals surface area contributed by atoms with Crippen molar-refractivity contribution in [1.29, 1.82) is 5.26 Å². The molecule has 0 aliphatic heterocycles. The Labute approximate surface area is 178 Å². The number of H-pyrrole nitrogens is 1. The van der Waals surface area contributed by atoms with Gasteiger partial charge in [-0.2, -0.15) is 10.4 Å². The van der Waals surface area contributed by atoms with Gasteiger partial charge in [0.1, 0.15) is 11.8 Å². The molecule has 1 aliphatic rings. The third-order valence-electron chi connectivity index (χ3n) is 5.81. The number of hydrogen-bond acceptors (Lipinski definition) is 5. The molecule has 1 saturated carbocycles. The molecule has 2 aromatic rings. The average Bonchev–Trinajstić information content (AvgIpc) is 3.20. The normalized spacial score (nSPS) is 19.4. The van der Waals surface area contributed by atoms with Gasteiger partial charge in [-0.25, -0.2) is 0 Å². The number of nitrogens with one attached hydrogen (secondary N) is 3. The Kier molecular flexibility index (Phi) is 6.73. The smallest absolute Gasteiger partial charge is 0.166 e. The van der Waals surface area contributed by atoms with Crippen LogP contribution in [0.4, 0.5) is 0 Å². The topological polar surface area (TPSA) is 93.6 Å². The molecule has 1 fully saturated rings. The van der Waals surface area contributed by atoms with E-state index < -0.39 is 0 Å². The van der Waals surface area contributed by atoms with Gasteiger partial charge < -0.3 is 10.6 Å². The van der Waals surface area contributed by atoms with Crippen molar-refractivity contribution in [1.82, 2.24) is 20.8 Å². The number of rotatable bonds is 7. The maximum Gasteiger partial charge on any atom is 0.166 e. The zero-order valence-electron chi connectivity index (χ0n) is 17.9. The minimum atomic E-state index is -0.106. The molecule has 0 saturated heterocycles. The van der Waals surface area contributed by atoms with Crippen LogP contribution < -0.4 is 10.6 Å². The lowest BCUT2D eigenvalue weighted by Crippen LogP contribution is -2.33. The van der Waals surface area contributed by atoms with Crippen molar-refractivity contribution in [3.63, 3.8) is 0 Å². The number of aryl methyl sites for hydroxylation is 1. The number of carbonyl (C=O) groups excluding carboxylic acids is 1. The molecule has 1 aliphatic carbocycles. The molecule has 1 aromatic carbocycles. The van der Waals surface area contributed by atoms with Crippen LogP contribution in [-0.4, -0.2) is 23.0 Å². The van der Waals surface area contributed by atoms with E-state index in [-0.39, 0.29) is 17.6 Å². The summed E-state index contributed by atoms with van der Waals surface area (Å²) in [5.41, 5.74) is 5.58. The Balaban J connectivity index is 1.77. The van der Waals surface area contributed by atoms with Crippen LogP contribution in [0.15, 0.2) is 54.0 Å². The summed E-state index contributed by atoms with van der Waals surface area (Å²) in [6.07, 6.45) is 3.89. The molecule has 0 amide bonds. The van der Waals surface area contributed by atoms with Crippen LogP contribution in [0.3, 0.4) is 0 Å². The van der Waals surface area contributed by atoms with Crippen LogP contribution in [0.25, 0.3) is 11.3 Å². The molecular formula is C24H29N5O. The second-order valence-electron chi connectivity index (χ2n) is 7.89. The van der Waals surface area contributed by atoms with Crippen LogP contribution in [0.5, 0.6) is 0 Å². The molecule has 2 atom stereocenters. The van der Waals surface area contributed by atoms with E-state index in [1.165, 1.54) is 0 Å². The highest BCUT2D eigenvalue weighted by molar-refractivity contribution is 5.98. The number of aromatic nitrogens is 2. The van der Waals surface area contributed by atoms with Gasteiger partial charge in [0.2, 0.25) is 0 Å². The highest BCUT2D eigenvalue weighted by Crippen LogP contribution is 2.36. The quantitative estimate of drug-likeness (QED) is 0.469. The standard InChI is InChI=1S/C24H29N5O/c1-15-13-22(29-28-15)18-9-11-19(12-10-18)24(30)21-8-6-5-7-20(21)16(2)27-17(3)23(14-25)26-4/h9-13,20-21,26-27H,2,5-8H2,1,3-4H3,(H,28,29)/b23-17+. The highest BCUT2D eigenvalue weighted by Gasteiger charge is 2.33. The molecule has 30 heavy (non-hydrogen) atoms. The van der Waals surface area contributed by atoms with Crippen LogP contribution >= 0.6 is 0 Å². The summed E-state index contributed by atoms with van der Waals surface area (Å²) in [6.45, 7) is 8.01. The second-order valence-corrected chi connectivity index (χ2v) is 7.89. The predicted molar refractivity (Wildman–Crippen MR) is 118 cm³/mol. The molecule has 3 rings (SSSR count). The Morgan fingerprint density at radius 2 is 1.90 bits per heavy atom. The molecule has 6 heteroatoms. The molecule has 3 N–H and O–H groups in total. The van der Waals surface area contributed by atoms with Crippen LogP contribution in [0.1, 0.15) is 48.7 Å². The molecule has 2 unspecified atom stereocenters. The Morgan fingerprint density at radius 1 is 1.23 bits per heavy atom. The summed E-state index contributed by atoms with van der Waals surface area (Å²) in [6, 6.07) is 11.8. The Hall–Kier alpha value is -3.33. The first-order valence-electron chi connectivity index (χ1n) is 10.4. The minimum Gasteiger partial charge on any atom is -0.378 e. The van der Waals surface area contributed by atoms with Crippen LogP contribution in [0.2, 0.25) is 0 Å². The first-order valence-corrected chi connectivity index (χ1v) is 10.4. The van der Waals surface area contributed by atoms with Crippen molar-refractivity contribution in [2.75, 3.05) is 7.05 Å². The Morgan fingerprint density at radius 3 is 2.47 bits per heavy atom. The zero-order valence-corrected chi connectivity index (χ0v) is 17.9. The molecule has 1 heterocycles. The van der Waals surface area contributed by atoms with Gasteiger partial charge in [0.05, 0.1) is 5.69 Å². The molecule has 0 spiro atoms. The maximum atomic E-state index is 13.3. The zero-order chi connectivity index (χ0) is 21.7. The summed E-state index contributed by atoms with van der Waals surface area (Å²) < 4.78 is 0. The van der Waals surface area contributed by atoms with Crippen molar-refractivity contribution in [3.05, 3.63) is 65.3 Å². The molecule has 0 radical (unpaired) electrons. The average molecular weight is 404 g/mol. The number of carbonyl (C=O) groups is 1. The Bertz CT molecular complexity index is 993. The highest BCUT2D eigenvalue weighted by atomic mass is 16.1. The van der Waals surface area contributed by atoms with Crippen LogP contribution in [-0.2, 0) is 0 Å². The molecule has 1 aromatic heterocycles. The van der Waals surface area contributed by atoms with Crippen molar-refractivity contribution < 1.29 is 4.79 Å². The third-order valence-corrected chi connectivity index (χ3v) is 5.81. The summed E-state index contributed by atoms with van der Waals surface area (Å²) in [7, 11) is 1.72. The van der Waals surface area contributed by atoms with Gasteiger partial charge >= 0.3 is 0 Å². The number of nitrogens with zero attached hydrogens (tertiary/aromatic N) is 2. The predicted octanol–water partition coefficient (Wildman–Crippen LogP) is 4.45. The molecule has 0 bridgehead atoms. The fourth-order valence-electron chi connectivity index (χ4n) is 4.17. The monoisotopic (exact) mass is 403 g/mol.